The van der Waals surface area contributed by atoms with Gasteiger partial charge in [0.1, 0.15) is 6.10 Å². The third-order valence-corrected chi connectivity index (χ3v) is 7.58. The molecule has 0 spiro atoms. The first-order chi connectivity index (χ1) is 18.3. The van der Waals surface area contributed by atoms with Gasteiger partial charge in [-0.25, -0.2) is 0 Å². The van der Waals surface area contributed by atoms with Gasteiger partial charge in [-0.2, -0.15) is 4.57 Å². The summed E-state index contributed by atoms with van der Waals surface area (Å²) in [6.07, 6.45) is 21.4. The standard InChI is InChI=1S/C32H54NO3S.BrH/c1-3-5-6-7-8-9-10-11-12-13-14-15-16-19-23-34-27-32(36-4-2)28-35-26-31-21-18-17-20-30(31)25-33-22-24-37-29-33;/h17-18,20-22,24,29,32H,3-16,19,23,25-28H2,1-2H3;1H/q+1;/p-1. The zero-order valence-electron chi connectivity index (χ0n) is 24.2. The van der Waals surface area contributed by atoms with Gasteiger partial charge >= 0.3 is 0 Å². The first-order valence-electron chi connectivity index (χ1n) is 15.1. The van der Waals surface area contributed by atoms with E-state index in [2.05, 4.69) is 52.8 Å². The lowest BCUT2D eigenvalue weighted by atomic mass is 10.0. The summed E-state index contributed by atoms with van der Waals surface area (Å²) in [5.41, 5.74) is 4.67. The van der Waals surface area contributed by atoms with Gasteiger partial charge in [-0.15, -0.1) is 0 Å². The Morgan fingerprint density at radius 3 is 1.89 bits per heavy atom. The predicted molar refractivity (Wildman–Crippen MR) is 156 cm³/mol. The Labute approximate surface area is 248 Å². The number of hydrogen-bond acceptors (Lipinski definition) is 4. The Bertz CT molecular complexity index is 759. The van der Waals surface area contributed by atoms with E-state index in [1.54, 1.807) is 11.3 Å². The third kappa shape index (κ3) is 17.7. The Kier molecular flexibility index (Phi) is 23.4. The molecule has 0 radical (unpaired) electrons. The van der Waals surface area contributed by atoms with Gasteiger partial charge in [-0.3, -0.25) is 0 Å². The fourth-order valence-electron chi connectivity index (χ4n) is 4.69. The molecule has 0 aliphatic rings. The number of hydrogen-bond donors (Lipinski definition) is 0. The summed E-state index contributed by atoms with van der Waals surface area (Å²) in [6.45, 7) is 8.48. The molecule has 1 atom stereocenters. The van der Waals surface area contributed by atoms with Crippen LogP contribution in [-0.4, -0.2) is 32.5 Å². The SMILES string of the molecule is CCCCCCCCCCCCCCCCOCC(COCc1ccccc1C[n+]1ccsc1)OCC.[Br-]. The Morgan fingerprint density at radius 1 is 0.737 bits per heavy atom. The van der Waals surface area contributed by atoms with E-state index in [9.17, 15) is 0 Å². The largest absolute Gasteiger partial charge is 1.00 e. The highest BCUT2D eigenvalue weighted by molar-refractivity contribution is 7.07. The minimum Gasteiger partial charge on any atom is -1.00 e. The van der Waals surface area contributed by atoms with E-state index in [0.29, 0.717) is 26.4 Å². The van der Waals surface area contributed by atoms with Crippen LogP contribution in [0.5, 0.6) is 0 Å². The minimum absolute atomic E-state index is 0. The number of aromatic nitrogens is 1. The van der Waals surface area contributed by atoms with Gasteiger partial charge in [0.2, 0.25) is 5.51 Å². The topological polar surface area (TPSA) is 31.6 Å². The molecular weight excluding hydrogens is 558 g/mol. The number of benzene rings is 1. The lowest BCUT2D eigenvalue weighted by Gasteiger charge is -2.18. The number of unbranched alkanes of at least 4 members (excludes halogenated alkanes) is 13. The van der Waals surface area contributed by atoms with Gasteiger partial charge in [0.15, 0.2) is 12.7 Å². The van der Waals surface area contributed by atoms with E-state index < -0.39 is 0 Å². The van der Waals surface area contributed by atoms with Gasteiger partial charge in [0, 0.05) is 18.8 Å². The molecule has 0 saturated carbocycles. The molecule has 0 aliphatic carbocycles. The van der Waals surface area contributed by atoms with E-state index in [1.807, 2.05) is 6.92 Å². The summed E-state index contributed by atoms with van der Waals surface area (Å²) in [6, 6.07) is 8.52. The van der Waals surface area contributed by atoms with Crippen molar-refractivity contribution in [3.63, 3.8) is 0 Å². The van der Waals surface area contributed by atoms with Gasteiger partial charge in [0.25, 0.3) is 0 Å². The first kappa shape index (κ1) is 35.2. The van der Waals surface area contributed by atoms with Crippen molar-refractivity contribution >= 4 is 11.3 Å². The molecule has 1 unspecified atom stereocenters. The number of nitrogens with zero attached hydrogens (tertiary/aromatic N) is 1. The number of thiazole rings is 1. The molecule has 1 aromatic carbocycles. The van der Waals surface area contributed by atoms with E-state index >= 15 is 0 Å². The van der Waals surface area contributed by atoms with Crippen LogP contribution in [-0.2, 0) is 27.4 Å². The van der Waals surface area contributed by atoms with Crippen LogP contribution in [0.3, 0.4) is 0 Å². The highest BCUT2D eigenvalue weighted by Gasteiger charge is 2.12. The second kappa shape index (κ2) is 25.2. The number of rotatable bonds is 25. The minimum atomic E-state index is -0.00458. The molecule has 38 heavy (non-hydrogen) atoms. The van der Waals surface area contributed by atoms with Gasteiger partial charge in [-0.05, 0) is 18.9 Å². The smallest absolute Gasteiger partial charge is 0.224 e. The van der Waals surface area contributed by atoms with Gasteiger partial charge in [-0.1, -0.05) is 126 Å². The fraction of sp³-hybridized carbons (Fsp3) is 0.719. The molecule has 0 saturated heterocycles. The molecule has 0 N–H and O–H groups in total. The van der Waals surface area contributed by atoms with Crippen molar-refractivity contribution in [3.8, 4) is 0 Å². The van der Waals surface area contributed by atoms with Crippen molar-refractivity contribution in [3.05, 3.63) is 52.5 Å². The summed E-state index contributed by atoms with van der Waals surface area (Å²) >= 11 is 1.71. The molecule has 0 amide bonds. The molecule has 1 aromatic heterocycles. The summed E-state index contributed by atoms with van der Waals surface area (Å²) in [5, 5.41) is 2.10. The Balaban J connectivity index is 0.00000722. The van der Waals surface area contributed by atoms with Crippen LogP contribution in [0.25, 0.3) is 0 Å². The maximum absolute atomic E-state index is 6.06. The molecule has 0 bridgehead atoms. The molecule has 6 heteroatoms. The van der Waals surface area contributed by atoms with Crippen LogP contribution in [0.1, 0.15) is 115 Å². The second-order valence-electron chi connectivity index (χ2n) is 10.2. The monoisotopic (exact) mass is 611 g/mol. The summed E-state index contributed by atoms with van der Waals surface area (Å²) in [5.74, 6) is 0. The lowest BCUT2D eigenvalue weighted by molar-refractivity contribution is -0.683. The maximum Gasteiger partial charge on any atom is 0.224 e. The normalized spacial score (nSPS) is 11.9. The molecule has 0 fully saturated rings. The van der Waals surface area contributed by atoms with Crippen molar-refractivity contribution in [2.24, 2.45) is 0 Å². The van der Waals surface area contributed by atoms with Crippen LogP contribution < -0.4 is 21.5 Å². The molecule has 218 valence electrons. The van der Waals surface area contributed by atoms with Crippen molar-refractivity contribution < 1.29 is 35.8 Å². The Morgan fingerprint density at radius 2 is 1.32 bits per heavy atom. The van der Waals surface area contributed by atoms with E-state index in [4.69, 9.17) is 14.2 Å². The number of ether oxygens (including phenoxy) is 3. The van der Waals surface area contributed by atoms with E-state index in [0.717, 1.165) is 19.6 Å². The molecule has 2 aromatic rings. The van der Waals surface area contributed by atoms with Crippen molar-refractivity contribution in [2.75, 3.05) is 26.4 Å². The van der Waals surface area contributed by atoms with Crippen molar-refractivity contribution in [1.29, 1.82) is 0 Å². The highest BCUT2D eigenvalue weighted by atomic mass is 79.9. The van der Waals surface area contributed by atoms with Gasteiger partial charge < -0.3 is 31.2 Å². The summed E-state index contributed by atoms with van der Waals surface area (Å²) in [7, 11) is 0. The van der Waals surface area contributed by atoms with Crippen molar-refractivity contribution in [1.82, 2.24) is 0 Å². The maximum atomic E-state index is 6.06. The Hall–Kier alpha value is -0.790. The zero-order chi connectivity index (χ0) is 26.2. The van der Waals surface area contributed by atoms with Crippen LogP contribution in [0.2, 0.25) is 0 Å². The molecule has 4 nitrogen and oxygen atoms in total. The van der Waals surface area contributed by atoms with Crippen molar-refractivity contribution in [2.45, 2.75) is 123 Å². The molecule has 2 rings (SSSR count). The first-order valence-corrected chi connectivity index (χ1v) is 16.0. The quantitative estimate of drug-likeness (QED) is 0.110. The summed E-state index contributed by atoms with van der Waals surface area (Å²) in [4.78, 5) is 0. The lowest BCUT2D eigenvalue weighted by Crippen LogP contribution is -3.00. The van der Waals surface area contributed by atoms with Crippen LogP contribution in [0.4, 0.5) is 0 Å². The fourth-order valence-corrected chi connectivity index (χ4v) is 5.29. The van der Waals surface area contributed by atoms with E-state index in [1.165, 1.54) is 94.6 Å². The zero-order valence-corrected chi connectivity index (χ0v) is 26.6. The molecule has 0 aliphatic heterocycles. The number of halogens is 1. The average molecular weight is 613 g/mol. The van der Waals surface area contributed by atoms with E-state index in [-0.39, 0.29) is 23.1 Å². The average Bonchev–Trinajstić information content (AvgIpc) is 3.42. The van der Waals surface area contributed by atoms with Gasteiger partial charge in [0.05, 0.1) is 25.2 Å². The molecular formula is C32H54BrNO3S. The predicted octanol–water partition coefficient (Wildman–Crippen LogP) is 5.51. The van der Waals surface area contributed by atoms with Crippen LogP contribution >= 0.6 is 11.3 Å². The van der Waals surface area contributed by atoms with Crippen LogP contribution in [0.15, 0.2) is 41.4 Å². The molecule has 1 heterocycles. The second-order valence-corrected chi connectivity index (χ2v) is 11.0. The van der Waals surface area contributed by atoms with Crippen LogP contribution in [0, 0.1) is 0 Å². The third-order valence-electron chi connectivity index (χ3n) is 6.91. The summed E-state index contributed by atoms with van der Waals surface area (Å²) < 4.78 is 20.1. The highest BCUT2D eigenvalue weighted by Crippen LogP contribution is 2.14.